The summed E-state index contributed by atoms with van der Waals surface area (Å²) >= 11 is 0. The van der Waals surface area contributed by atoms with Crippen LogP contribution in [0.15, 0.2) is 84.9 Å². The summed E-state index contributed by atoms with van der Waals surface area (Å²) in [7, 11) is 0. The maximum atomic E-state index is 14.7. The van der Waals surface area contributed by atoms with E-state index in [4.69, 9.17) is 0 Å². The van der Waals surface area contributed by atoms with Crippen molar-refractivity contribution in [3.8, 4) is 22.4 Å². The first-order valence-corrected chi connectivity index (χ1v) is 9.99. The molecule has 0 aliphatic heterocycles. The number of hydrogen-bond donors (Lipinski definition) is 2. The highest BCUT2D eigenvalue weighted by Crippen LogP contribution is 2.40. The molecule has 0 unspecified atom stereocenters. The Bertz CT molecular complexity index is 1160. The smallest absolute Gasteiger partial charge is 0.258 e. The lowest BCUT2D eigenvalue weighted by Crippen LogP contribution is -2.14. The van der Waals surface area contributed by atoms with Crippen molar-refractivity contribution < 1.29 is 9.18 Å². The molecule has 1 amide bonds. The summed E-state index contributed by atoms with van der Waals surface area (Å²) in [6, 6.07) is 25.6. The molecule has 4 aromatic rings. The summed E-state index contributed by atoms with van der Waals surface area (Å²) in [6.45, 7) is 4.04. The molecule has 0 bridgehead atoms. The van der Waals surface area contributed by atoms with Crippen LogP contribution in [-0.2, 0) is 0 Å². The fraction of sp³-hybridized carbons (Fsp3) is 0.115. The zero-order valence-corrected chi connectivity index (χ0v) is 16.9. The van der Waals surface area contributed by atoms with E-state index in [1.807, 2.05) is 74.5 Å². The van der Waals surface area contributed by atoms with Gasteiger partial charge in [0.1, 0.15) is 5.82 Å². The van der Waals surface area contributed by atoms with Gasteiger partial charge < -0.3 is 10.3 Å². The Hall–Kier alpha value is -3.66. The second kappa shape index (κ2) is 8.37. The number of para-hydroxylation sites is 1. The van der Waals surface area contributed by atoms with Gasteiger partial charge in [0.05, 0.1) is 11.3 Å². The number of amides is 1. The average molecular weight is 398 g/mol. The molecule has 4 rings (SSSR count). The number of anilines is 1. The average Bonchev–Trinajstić information content (AvgIpc) is 3.16. The van der Waals surface area contributed by atoms with Crippen molar-refractivity contribution in [3.63, 3.8) is 0 Å². The van der Waals surface area contributed by atoms with E-state index in [0.29, 0.717) is 28.1 Å². The van der Waals surface area contributed by atoms with E-state index < -0.39 is 0 Å². The van der Waals surface area contributed by atoms with Crippen LogP contribution < -0.4 is 5.32 Å². The van der Waals surface area contributed by atoms with Crippen LogP contribution in [0.25, 0.3) is 22.4 Å². The molecular weight excluding hydrogens is 375 g/mol. The predicted octanol–water partition coefficient (Wildman–Crippen LogP) is 6.86. The van der Waals surface area contributed by atoms with E-state index in [1.54, 1.807) is 18.2 Å². The van der Waals surface area contributed by atoms with E-state index in [1.165, 1.54) is 6.07 Å². The highest BCUT2D eigenvalue weighted by molar-refractivity contribution is 6.12. The van der Waals surface area contributed by atoms with Crippen LogP contribution in [0.5, 0.6) is 0 Å². The van der Waals surface area contributed by atoms with E-state index in [-0.39, 0.29) is 17.6 Å². The first-order chi connectivity index (χ1) is 14.6. The molecule has 3 aromatic carbocycles. The molecular formula is C26H23FN2O. The van der Waals surface area contributed by atoms with Crippen LogP contribution in [-0.4, -0.2) is 10.9 Å². The maximum Gasteiger partial charge on any atom is 0.258 e. The van der Waals surface area contributed by atoms with Gasteiger partial charge in [-0.2, -0.15) is 0 Å². The summed E-state index contributed by atoms with van der Waals surface area (Å²) < 4.78 is 14.7. The van der Waals surface area contributed by atoms with E-state index in [9.17, 15) is 9.18 Å². The molecule has 0 spiro atoms. The number of H-pyrrole nitrogens is 1. The summed E-state index contributed by atoms with van der Waals surface area (Å²) in [5, 5.41) is 2.99. The molecule has 0 fully saturated rings. The molecule has 1 aromatic heterocycles. The number of nitrogens with one attached hydrogen (secondary N) is 2. The summed E-state index contributed by atoms with van der Waals surface area (Å²) in [5.41, 5.74) is 4.65. The van der Waals surface area contributed by atoms with Gasteiger partial charge in [0.15, 0.2) is 0 Å². The van der Waals surface area contributed by atoms with Gasteiger partial charge >= 0.3 is 0 Å². The number of aromatic amines is 1. The number of carbonyl (C=O) groups is 1. The highest BCUT2D eigenvalue weighted by atomic mass is 19.1. The standard InChI is InChI=1S/C26H23FN2O/c1-17(2)24-23(26(30)28-19-13-7-4-8-14-19)22(18-11-5-3-6-12-18)25(29-24)20-15-9-10-16-21(20)27/h3-17,29H,1-2H3,(H,28,30). The fourth-order valence-corrected chi connectivity index (χ4v) is 3.66. The molecule has 0 aliphatic rings. The van der Waals surface area contributed by atoms with Gasteiger partial charge in [0.2, 0.25) is 0 Å². The summed E-state index contributed by atoms with van der Waals surface area (Å²) in [6.07, 6.45) is 0. The molecule has 2 N–H and O–H groups in total. The minimum atomic E-state index is -0.332. The Labute approximate surface area is 175 Å². The lowest BCUT2D eigenvalue weighted by atomic mass is 9.94. The number of halogens is 1. The fourth-order valence-electron chi connectivity index (χ4n) is 3.66. The molecule has 0 saturated heterocycles. The molecule has 3 nitrogen and oxygen atoms in total. The van der Waals surface area contributed by atoms with Gasteiger partial charge in [-0.25, -0.2) is 4.39 Å². The number of benzene rings is 3. The van der Waals surface area contributed by atoms with Crippen LogP contribution in [0, 0.1) is 5.82 Å². The van der Waals surface area contributed by atoms with Crippen molar-refractivity contribution in [1.29, 1.82) is 0 Å². The zero-order chi connectivity index (χ0) is 21.1. The van der Waals surface area contributed by atoms with Crippen molar-refractivity contribution in [3.05, 3.63) is 102 Å². The van der Waals surface area contributed by atoms with Crippen molar-refractivity contribution in [1.82, 2.24) is 4.98 Å². The first-order valence-electron chi connectivity index (χ1n) is 9.99. The minimum Gasteiger partial charge on any atom is -0.357 e. The molecule has 4 heteroatoms. The number of aromatic nitrogens is 1. The summed E-state index contributed by atoms with van der Waals surface area (Å²) in [4.78, 5) is 16.8. The van der Waals surface area contributed by atoms with Gasteiger partial charge in [0, 0.05) is 22.5 Å². The van der Waals surface area contributed by atoms with Crippen molar-refractivity contribution in [2.24, 2.45) is 0 Å². The second-order valence-electron chi connectivity index (χ2n) is 7.48. The van der Waals surface area contributed by atoms with Gasteiger partial charge in [-0.3, -0.25) is 4.79 Å². The number of rotatable bonds is 5. The number of hydrogen-bond acceptors (Lipinski definition) is 1. The normalized spacial score (nSPS) is 10.9. The molecule has 0 radical (unpaired) electrons. The third-order valence-electron chi connectivity index (χ3n) is 5.07. The third kappa shape index (κ3) is 3.77. The first kappa shape index (κ1) is 19.6. The molecule has 30 heavy (non-hydrogen) atoms. The van der Waals surface area contributed by atoms with Gasteiger partial charge in [0.25, 0.3) is 5.91 Å². The van der Waals surface area contributed by atoms with Crippen LogP contribution in [0.1, 0.15) is 35.8 Å². The Morgan fingerprint density at radius 3 is 2.10 bits per heavy atom. The maximum absolute atomic E-state index is 14.7. The molecule has 1 heterocycles. The number of carbonyl (C=O) groups excluding carboxylic acids is 1. The quantitative estimate of drug-likeness (QED) is 0.379. The van der Waals surface area contributed by atoms with Crippen molar-refractivity contribution in [2.45, 2.75) is 19.8 Å². The molecule has 0 saturated carbocycles. The van der Waals surface area contributed by atoms with Gasteiger partial charge in [-0.05, 0) is 35.7 Å². The highest BCUT2D eigenvalue weighted by Gasteiger charge is 2.27. The molecule has 0 aliphatic carbocycles. The SMILES string of the molecule is CC(C)c1[nH]c(-c2ccccc2F)c(-c2ccccc2)c1C(=O)Nc1ccccc1. The van der Waals surface area contributed by atoms with E-state index in [2.05, 4.69) is 10.3 Å². The van der Waals surface area contributed by atoms with Gasteiger partial charge in [-0.15, -0.1) is 0 Å². The third-order valence-corrected chi connectivity index (χ3v) is 5.07. The monoisotopic (exact) mass is 398 g/mol. The van der Waals surface area contributed by atoms with E-state index in [0.717, 1.165) is 11.3 Å². The van der Waals surface area contributed by atoms with Crippen LogP contribution in [0.3, 0.4) is 0 Å². The lowest BCUT2D eigenvalue weighted by molar-refractivity contribution is 0.102. The van der Waals surface area contributed by atoms with Crippen LogP contribution >= 0.6 is 0 Å². The van der Waals surface area contributed by atoms with E-state index >= 15 is 0 Å². The van der Waals surface area contributed by atoms with Crippen LogP contribution in [0.2, 0.25) is 0 Å². The second-order valence-corrected chi connectivity index (χ2v) is 7.48. The Morgan fingerprint density at radius 2 is 1.47 bits per heavy atom. The predicted molar refractivity (Wildman–Crippen MR) is 120 cm³/mol. The Kier molecular flexibility index (Phi) is 5.48. The summed E-state index contributed by atoms with van der Waals surface area (Å²) in [5.74, 6) is -0.506. The zero-order valence-electron chi connectivity index (χ0n) is 16.9. The molecule has 150 valence electrons. The Balaban J connectivity index is 1.96. The Morgan fingerprint density at radius 1 is 0.867 bits per heavy atom. The van der Waals surface area contributed by atoms with Crippen molar-refractivity contribution >= 4 is 11.6 Å². The molecule has 0 atom stereocenters. The van der Waals surface area contributed by atoms with Crippen LogP contribution in [0.4, 0.5) is 10.1 Å². The topological polar surface area (TPSA) is 44.9 Å². The van der Waals surface area contributed by atoms with Crippen molar-refractivity contribution in [2.75, 3.05) is 5.32 Å². The lowest BCUT2D eigenvalue weighted by Gasteiger charge is -2.12. The largest absolute Gasteiger partial charge is 0.357 e. The minimum absolute atomic E-state index is 0.0458. The van der Waals surface area contributed by atoms with Gasteiger partial charge in [-0.1, -0.05) is 74.5 Å².